The van der Waals surface area contributed by atoms with Crippen LogP contribution in [0.25, 0.3) is 10.9 Å². The number of hydrogen-bond donors (Lipinski definition) is 2. The monoisotopic (exact) mass is 205 g/mol. The van der Waals surface area contributed by atoms with E-state index in [9.17, 15) is 4.79 Å². The molecule has 0 fully saturated rings. The number of nitrogens with zero attached hydrogens (tertiary/aromatic N) is 2. The highest BCUT2D eigenvalue weighted by Gasteiger charge is 2.09. The average Bonchev–Trinajstić information content (AvgIpc) is 2.42. The predicted molar refractivity (Wildman–Crippen MR) is 56.5 cm³/mol. The molecule has 0 bridgehead atoms. The minimum absolute atomic E-state index is 0.145. The van der Waals surface area contributed by atoms with Crippen molar-refractivity contribution in [2.75, 3.05) is 5.73 Å². The molecular formula is C10H11N3O2. The molecule has 0 aliphatic rings. The highest BCUT2D eigenvalue weighted by atomic mass is 16.4. The van der Waals surface area contributed by atoms with Crippen molar-refractivity contribution < 1.29 is 9.90 Å². The Kier molecular flexibility index (Phi) is 2.07. The first-order valence-corrected chi connectivity index (χ1v) is 4.52. The quantitative estimate of drug-likeness (QED) is 0.717. The van der Waals surface area contributed by atoms with Crippen LogP contribution in [-0.2, 0) is 11.3 Å². The van der Waals surface area contributed by atoms with Crippen molar-refractivity contribution in [3.05, 3.63) is 23.9 Å². The molecule has 15 heavy (non-hydrogen) atoms. The Morgan fingerprint density at radius 3 is 3.00 bits per heavy atom. The number of nitrogens with two attached hydrogens (primary N) is 1. The highest BCUT2D eigenvalue weighted by molar-refractivity contribution is 5.85. The number of aryl methyl sites for hydroxylation is 1. The Bertz CT molecular complexity index is 531. The fourth-order valence-electron chi connectivity index (χ4n) is 1.61. The van der Waals surface area contributed by atoms with Gasteiger partial charge < -0.3 is 10.8 Å². The summed E-state index contributed by atoms with van der Waals surface area (Å²) in [5, 5.41) is 13.8. The normalized spacial score (nSPS) is 10.7. The van der Waals surface area contributed by atoms with E-state index >= 15 is 0 Å². The summed E-state index contributed by atoms with van der Waals surface area (Å²) in [6.45, 7) is 1.70. The average molecular weight is 205 g/mol. The Labute approximate surface area is 86.1 Å². The maximum absolute atomic E-state index is 10.6. The maximum Gasteiger partial charge on any atom is 0.325 e. The zero-order chi connectivity index (χ0) is 11.0. The number of carboxylic acid groups (broad SMARTS) is 1. The molecule has 0 amide bonds. The van der Waals surface area contributed by atoms with Gasteiger partial charge in [0.2, 0.25) is 0 Å². The van der Waals surface area contributed by atoms with Gasteiger partial charge in [-0.2, -0.15) is 5.10 Å². The number of rotatable bonds is 2. The zero-order valence-corrected chi connectivity index (χ0v) is 8.27. The lowest BCUT2D eigenvalue weighted by atomic mass is 10.2. The van der Waals surface area contributed by atoms with E-state index in [0.717, 1.165) is 16.6 Å². The Hall–Kier alpha value is -2.04. The molecular weight excluding hydrogens is 194 g/mol. The molecule has 0 unspecified atom stereocenters. The molecule has 0 radical (unpaired) electrons. The second-order valence-electron chi connectivity index (χ2n) is 3.41. The molecule has 5 nitrogen and oxygen atoms in total. The first-order chi connectivity index (χ1) is 7.08. The minimum Gasteiger partial charge on any atom is -0.480 e. The summed E-state index contributed by atoms with van der Waals surface area (Å²) in [7, 11) is 0. The molecule has 0 aliphatic heterocycles. The molecule has 2 rings (SSSR count). The van der Waals surface area contributed by atoms with Crippen LogP contribution < -0.4 is 5.73 Å². The van der Waals surface area contributed by atoms with E-state index in [0.29, 0.717) is 5.69 Å². The first kappa shape index (κ1) is 9.51. The van der Waals surface area contributed by atoms with Gasteiger partial charge in [-0.15, -0.1) is 0 Å². The summed E-state index contributed by atoms with van der Waals surface area (Å²) < 4.78 is 1.45. The summed E-state index contributed by atoms with van der Waals surface area (Å²) in [6.07, 6.45) is 0. The highest BCUT2D eigenvalue weighted by Crippen LogP contribution is 2.20. The number of fused-ring (bicyclic) bond motifs is 1. The number of anilines is 1. The van der Waals surface area contributed by atoms with Crippen molar-refractivity contribution in [1.29, 1.82) is 0 Å². The van der Waals surface area contributed by atoms with Crippen molar-refractivity contribution >= 4 is 22.6 Å². The Morgan fingerprint density at radius 1 is 1.60 bits per heavy atom. The van der Waals surface area contributed by atoms with Crippen molar-refractivity contribution in [2.45, 2.75) is 13.5 Å². The van der Waals surface area contributed by atoms with E-state index in [1.807, 2.05) is 13.0 Å². The van der Waals surface area contributed by atoms with Gasteiger partial charge in [0, 0.05) is 11.1 Å². The van der Waals surface area contributed by atoms with Crippen molar-refractivity contribution in [2.24, 2.45) is 0 Å². The molecule has 0 saturated heterocycles. The van der Waals surface area contributed by atoms with Crippen LogP contribution in [0, 0.1) is 6.92 Å². The van der Waals surface area contributed by atoms with Crippen LogP contribution in [0.4, 0.5) is 5.69 Å². The second kappa shape index (κ2) is 3.27. The standard InChI is InChI=1S/C10H11N3O2/c1-6-8-3-2-7(11)4-9(8)13(12-6)5-10(14)15/h2-4H,5,11H2,1H3,(H,14,15). The molecule has 0 saturated carbocycles. The number of carbonyl (C=O) groups is 1. The third-order valence-electron chi connectivity index (χ3n) is 2.25. The molecule has 1 aromatic carbocycles. The van der Waals surface area contributed by atoms with Crippen LogP contribution in [0.5, 0.6) is 0 Å². The van der Waals surface area contributed by atoms with Gasteiger partial charge in [-0.1, -0.05) is 0 Å². The number of carboxylic acids is 1. The summed E-state index contributed by atoms with van der Waals surface area (Å²) in [4.78, 5) is 10.6. The summed E-state index contributed by atoms with van der Waals surface area (Å²) in [5.74, 6) is -0.915. The molecule has 3 N–H and O–H groups in total. The van der Waals surface area contributed by atoms with E-state index < -0.39 is 5.97 Å². The zero-order valence-electron chi connectivity index (χ0n) is 8.27. The molecule has 5 heteroatoms. The molecule has 0 spiro atoms. The Balaban J connectivity index is 2.64. The van der Waals surface area contributed by atoms with Crippen LogP contribution in [0.3, 0.4) is 0 Å². The van der Waals surface area contributed by atoms with Gasteiger partial charge in [0.25, 0.3) is 0 Å². The largest absolute Gasteiger partial charge is 0.480 e. The lowest BCUT2D eigenvalue weighted by Crippen LogP contribution is -2.10. The van der Waals surface area contributed by atoms with E-state index in [2.05, 4.69) is 5.10 Å². The molecule has 2 aromatic rings. The number of nitrogen functional groups attached to an aromatic ring is 1. The van der Waals surface area contributed by atoms with Gasteiger partial charge in [0.15, 0.2) is 0 Å². The fourth-order valence-corrected chi connectivity index (χ4v) is 1.61. The van der Waals surface area contributed by atoms with E-state index in [4.69, 9.17) is 10.8 Å². The van der Waals surface area contributed by atoms with Gasteiger partial charge in [0.05, 0.1) is 11.2 Å². The van der Waals surface area contributed by atoms with Crippen molar-refractivity contribution in [3.63, 3.8) is 0 Å². The van der Waals surface area contributed by atoms with Crippen LogP contribution in [-0.4, -0.2) is 20.9 Å². The number of aromatic nitrogens is 2. The lowest BCUT2D eigenvalue weighted by molar-refractivity contribution is -0.137. The third kappa shape index (κ3) is 1.63. The van der Waals surface area contributed by atoms with E-state index in [1.54, 1.807) is 12.1 Å². The molecule has 1 heterocycles. The second-order valence-corrected chi connectivity index (χ2v) is 3.41. The maximum atomic E-state index is 10.6. The summed E-state index contributed by atoms with van der Waals surface area (Å²) in [5.41, 5.74) is 7.82. The predicted octanol–water partition coefficient (Wildman–Crippen LogP) is 1.01. The van der Waals surface area contributed by atoms with E-state index in [1.165, 1.54) is 4.68 Å². The van der Waals surface area contributed by atoms with Gasteiger partial charge in [-0.05, 0) is 25.1 Å². The van der Waals surface area contributed by atoms with E-state index in [-0.39, 0.29) is 6.54 Å². The third-order valence-corrected chi connectivity index (χ3v) is 2.25. The van der Waals surface area contributed by atoms with Crippen molar-refractivity contribution in [3.8, 4) is 0 Å². The lowest BCUT2D eigenvalue weighted by Gasteiger charge is -1.99. The van der Waals surface area contributed by atoms with Crippen LogP contribution in [0.2, 0.25) is 0 Å². The van der Waals surface area contributed by atoms with Crippen LogP contribution in [0.1, 0.15) is 5.69 Å². The van der Waals surface area contributed by atoms with Crippen molar-refractivity contribution in [1.82, 2.24) is 9.78 Å². The first-order valence-electron chi connectivity index (χ1n) is 4.52. The van der Waals surface area contributed by atoms with Crippen LogP contribution >= 0.6 is 0 Å². The molecule has 0 atom stereocenters. The van der Waals surface area contributed by atoms with Gasteiger partial charge in [-0.25, -0.2) is 0 Å². The Morgan fingerprint density at radius 2 is 2.33 bits per heavy atom. The number of hydrogen-bond acceptors (Lipinski definition) is 3. The molecule has 1 aromatic heterocycles. The smallest absolute Gasteiger partial charge is 0.325 e. The SMILES string of the molecule is Cc1nn(CC(=O)O)c2cc(N)ccc12. The van der Waals surface area contributed by atoms with Gasteiger partial charge in [0.1, 0.15) is 6.54 Å². The minimum atomic E-state index is -0.915. The van der Waals surface area contributed by atoms with Gasteiger partial charge >= 0.3 is 5.97 Å². The fraction of sp³-hybridized carbons (Fsp3) is 0.200. The number of benzene rings is 1. The number of aliphatic carboxylic acids is 1. The molecule has 0 aliphatic carbocycles. The topological polar surface area (TPSA) is 81.1 Å². The molecule has 78 valence electrons. The van der Waals surface area contributed by atoms with Crippen LogP contribution in [0.15, 0.2) is 18.2 Å². The summed E-state index contributed by atoms with van der Waals surface area (Å²) >= 11 is 0. The van der Waals surface area contributed by atoms with Gasteiger partial charge in [-0.3, -0.25) is 9.48 Å². The summed E-state index contributed by atoms with van der Waals surface area (Å²) in [6, 6.07) is 5.37.